The van der Waals surface area contributed by atoms with Crippen LogP contribution < -0.4 is 15.8 Å². The maximum Gasteiger partial charge on any atom is 0.416 e. The van der Waals surface area contributed by atoms with Crippen LogP contribution in [0.5, 0.6) is 0 Å². The number of hydrogen-bond acceptors (Lipinski definition) is 5. The SMILES string of the molecule is N=Cc1c(NS)cccc1NC(CC(F)F)(C(N)=O)c1ccc(C(F)(F)F)cc1. The van der Waals surface area contributed by atoms with E-state index in [1.165, 1.54) is 12.1 Å². The number of halogens is 5. The smallest absolute Gasteiger partial charge is 0.367 e. The normalized spacial score (nSPS) is 13.6. The number of primary amides is 1. The van der Waals surface area contributed by atoms with Crippen molar-refractivity contribution >= 4 is 36.3 Å². The zero-order valence-electron chi connectivity index (χ0n) is 14.7. The number of anilines is 2. The van der Waals surface area contributed by atoms with E-state index < -0.39 is 36.0 Å². The molecule has 0 bridgehead atoms. The first-order valence-electron chi connectivity index (χ1n) is 8.12. The lowest BCUT2D eigenvalue weighted by molar-refractivity contribution is -0.137. The molecule has 0 aliphatic carbocycles. The molecule has 156 valence electrons. The molecule has 2 rings (SSSR count). The zero-order chi connectivity index (χ0) is 21.8. The number of carbonyl (C=O) groups is 1. The molecule has 5 N–H and O–H groups in total. The van der Waals surface area contributed by atoms with Gasteiger partial charge in [-0.1, -0.05) is 31.0 Å². The van der Waals surface area contributed by atoms with Crippen molar-refractivity contribution in [1.82, 2.24) is 0 Å². The number of benzene rings is 2. The quantitative estimate of drug-likeness (QED) is 0.243. The molecule has 5 nitrogen and oxygen atoms in total. The Bertz CT molecular complexity index is 889. The lowest BCUT2D eigenvalue weighted by atomic mass is 9.84. The molecular formula is C18H17F5N4OS. The Kier molecular flexibility index (Phi) is 6.73. The molecule has 0 saturated carbocycles. The Morgan fingerprint density at radius 3 is 2.10 bits per heavy atom. The first-order chi connectivity index (χ1) is 13.5. The van der Waals surface area contributed by atoms with Crippen LogP contribution in [0.15, 0.2) is 42.5 Å². The maximum atomic E-state index is 13.4. The third-order valence-electron chi connectivity index (χ3n) is 4.31. The second-order valence-electron chi connectivity index (χ2n) is 6.09. The predicted octanol–water partition coefficient (Wildman–Crippen LogP) is 4.41. The van der Waals surface area contributed by atoms with E-state index in [2.05, 4.69) is 22.9 Å². The van der Waals surface area contributed by atoms with Gasteiger partial charge in [0.05, 0.1) is 11.3 Å². The van der Waals surface area contributed by atoms with E-state index in [-0.39, 0.29) is 16.8 Å². The Morgan fingerprint density at radius 1 is 1.10 bits per heavy atom. The highest BCUT2D eigenvalue weighted by atomic mass is 32.1. The standard InChI is InChI=1S/C18H17F5N4OS/c19-15(20)8-17(16(25)28,10-4-6-11(7-5-10)18(21,22)23)26-13-2-1-3-14(27-29)12(13)9-24/h1-7,9,15,24,26-27,29H,8H2,(H2,25,28). The second kappa shape index (κ2) is 8.68. The highest BCUT2D eigenvalue weighted by molar-refractivity contribution is 7.81. The Balaban J connectivity index is 2.64. The molecule has 29 heavy (non-hydrogen) atoms. The van der Waals surface area contributed by atoms with Crippen molar-refractivity contribution in [2.45, 2.75) is 24.6 Å². The summed E-state index contributed by atoms with van der Waals surface area (Å²) >= 11 is 3.90. The molecule has 0 aliphatic heterocycles. The number of alkyl halides is 5. The molecular weight excluding hydrogens is 415 g/mol. The van der Waals surface area contributed by atoms with Crippen molar-refractivity contribution in [3.05, 3.63) is 59.2 Å². The Labute approximate surface area is 168 Å². The highest BCUT2D eigenvalue weighted by Crippen LogP contribution is 2.37. The first kappa shape index (κ1) is 22.5. The number of hydrogen-bond donors (Lipinski definition) is 5. The summed E-state index contributed by atoms with van der Waals surface area (Å²) in [7, 11) is 0. The third-order valence-corrected chi connectivity index (χ3v) is 4.55. The third kappa shape index (κ3) is 4.78. The van der Waals surface area contributed by atoms with Gasteiger partial charge in [-0.3, -0.25) is 4.79 Å². The molecule has 1 amide bonds. The summed E-state index contributed by atoms with van der Waals surface area (Å²) in [4.78, 5) is 12.3. The molecule has 0 radical (unpaired) electrons. The van der Waals surface area contributed by atoms with Crippen molar-refractivity contribution < 1.29 is 26.7 Å². The van der Waals surface area contributed by atoms with Gasteiger partial charge in [0.25, 0.3) is 0 Å². The minimum atomic E-state index is -4.63. The monoisotopic (exact) mass is 432 g/mol. The number of amides is 1. The summed E-state index contributed by atoms with van der Waals surface area (Å²) in [5, 5.41) is 10.2. The molecule has 0 aliphatic rings. The average Bonchev–Trinajstić information content (AvgIpc) is 2.66. The van der Waals surface area contributed by atoms with Gasteiger partial charge < -0.3 is 21.2 Å². The number of thiol groups is 1. The van der Waals surface area contributed by atoms with Crippen LogP contribution in [-0.2, 0) is 16.5 Å². The van der Waals surface area contributed by atoms with E-state index in [1.807, 2.05) is 0 Å². The van der Waals surface area contributed by atoms with Gasteiger partial charge in [0.1, 0.15) is 5.54 Å². The number of nitrogens with one attached hydrogen (secondary N) is 3. The first-order valence-corrected chi connectivity index (χ1v) is 8.57. The van der Waals surface area contributed by atoms with Crippen LogP contribution in [0.4, 0.5) is 33.3 Å². The maximum absolute atomic E-state index is 13.4. The lowest BCUT2D eigenvalue weighted by Gasteiger charge is -2.34. The molecule has 0 fully saturated rings. The van der Waals surface area contributed by atoms with Gasteiger partial charge in [-0.25, -0.2) is 8.78 Å². The molecule has 1 atom stereocenters. The summed E-state index contributed by atoms with van der Waals surface area (Å²) in [6.07, 6.45) is -7.83. The van der Waals surface area contributed by atoms with Crippen LogP contribution in [0.1, 0.15) is 23.1 Å². The van der Waals surface area contributed by atoms with Gasteiger partial charge in [0.15, 0.2) is 0 Å². The molecule has 0 heterocycles. The number of rotatable bonds is 8. The van der Waals surface area contributed by atoms with E-state index in [4.69, 9.17) is 11.1 Å². The van der Waals surface area contributed by atoms with Crippen LogP contribution in [0.3, 0.4) is 0 Å². The number of carbonyl (C=O) groups excluding carboxylic acids is 1. The fraction of sp³-hybridized carbons (Fsp3) is 0.222. The van der Waals surface area contributed by atoms with Crippen molar-refractivity contribution in [2.75, 3.05) is 10.0 Å². The molecule has 0 spiro atoms. The van der Waals surface area contributed by atoms with Crippen molar-refractivity contribution in [1.29, 1.82) is 5.41 Å². The summed E-state index contributed by atoms with van der Waals surface area (Å²) in [5.41, 5.74) is 2.68. The zero-order valence-corrected chi connectivity index (χ0v) is 15.6. The molecule has 0 saturated heterocycles. The van der Waals surface area contributed by atoms with Gasteiger partial charge in [-0.2, -0.15) is 13.2 Å². The number of nitrogens with two attached hydrogens (primary N) is 1. The summed E-state index contributed by atoms with van der Waals surface area (Å²) in [6, 6.07) is 7.70. The predicted molar refractivity (Wildman–Crippen MR) is 103 cm³/mol. The summed E-state index contributed by atoms with van der Waals surface area (Å²) < 4.78 is 67.8. The molecule has 11 heteroatoms. The van der Waals surface area contributed by atoms with Crippen molar-refractivity contribution in [3.8, 4) is 0 Å². The van der Waals surface area contributed by atoms with Crippen LogP contribution in [0.25, 0.3) is 0 Å². The van der Waals surface area contributed by atoms with Crippen molar-refractivity contribution in [3.63, 3.8) is 0 Å². The Hall–Kier alpha value is -2.82. The van der Waals surface area contributed by atoms with Crippen LogP contribution in [-0.4, -0.2) is 18.5 Å². The van der Waals surface area contributed by atoms with E-state index >= 15 is 0 Å². The van der Waals surface area contributed by atoms with E-state index in [9.17, 15) is 26.7 Å². The summed E-state index contributed by atoms with van der Waals surface area (Å²) in [5.74, 6) is -1.21. The largest absolute Gasteiger partial charge is 0.416 e. The highest BCUT2D eigenvalue weighted by Gasteiger charge is 2.42. The minimum Gasteiger partial charge on any atom is -0.367 e. The molecule has 2 aromatic rings. The fourth-order valence-corrected chi connectivity index (χ4v) is 3.07. The fourth-order valence-electron chi connectivity index (χ4n) is 2.88. The second-order valence-corrected chi connectivity index (χ2v) is 6.31. The van der Waals surface area contributed by atoms with Gasteiger partial charge in [-0.05, 0) is 29.8 Å². The Morgan fingerprint density at radius 2 is 1.66 bits per heavy atom. The summed E-state index contributed by atoms with van der Waals surface area (Å²) in [6.45, 7) is 0. The minimum absolute atomic E-state index is 0.0957. The van der Waals surface area contributed by atoms with E-state index in [1.54, 1.807) is 6.07 Å². The van der Waals surface area contributed by atoms with Crippen LogP contribution in [0, 0.1) is 5.41 Å². The van der Waals surface area contributed by atoms with Gasteiger partial charge in [-0.15, -0.1) is 0 Å². The van der Waals surface area contributed by atoms with E-state index in [0.29, 0.717) is 17.8 Å². The van der Waals surface area contributed by atoms with E-state index in [0.717, 1.165) is 18.3 Å². The van der Waals surface area contributed by atoms with Gasteiger partial charge in [0.2, 0.25) is 12.3 Å². The lowest BCUT2D eigenvalue weighted by Crippen LogP contribution is -2.49. The van der Waals surface area contributed by atoms with Gasteiger partial charge in [0, 0.05) is 23.9 Å². The van der Waals surface area contributed by atoms with Crippen molar-refractivity contribution in [2.24, 2.45) is 5.73 Å². The molecule has 0 aromatic heterocycles. The van der Waals surface area contributed by atoms with Crippen LogP contribution >= 0.6 is 12.8 Å². The van der Waals surface area contributed by atoms with Crippen LogP contribution in [0.2, 0.25) is 0 Å². The van der Waals surface area contributed by atoms with Gasteiger partial charge >= 0.3 is 6.18 Å². The molecule has 2 aromatic carbocycles. The topological polar surface area (TPSA) is 91.0 Å². The average molecular weight is 432 g/mol. The molecule has 1 unspecified atom stereocenters.